The fraction of sp³-hybridized carbons (Fsp3) is 0.375. The summed E-state index contributed by atoms with van der Waals surface area (Å²) in [6, 6.07) is 12.9. The van der Waals surface area contributed by atoms with E-state index in [-0.39, 0.29) is 5.63 Å². The van der Waals surface area contributed by atoms with E-state index < -0.39 is 0 Å². The molecule has 0 unspecified atom stereocenters. The quantitative estimate of drug-likeness (QED) is 0.545. The lowest BCUT2D eigenvalue weighted by Gasteiger charge is -2.33. The molecule has 0 N–H and O–H groups in total. The zero-order valence-electron chi connectivity index (χ0n) is 17.5. The molecule has 5 nitrogen and oxygen atoms in total. The lowest BCUT2D eigenvalue weighted by Crippen LogP contribution is -2.47. The number of hydrogen-bond donors (Lipinski definition) is 0. The largest absolute Gasteiger partial charge is 0.492 e. The van der Waals surface area contributed by atoms with Crippen LogP contribution in [0.3, 0.4) is 0 Å². The first kappa shape index (κ1) is 20.9. The second-order valence-corrected chi connectivity index (χ2v) is 8.12. The van der Waals surface area contributed by atoms with E-state index in [9.17, 15) is 4.79 Å². The van der Waals surface area contributed by atoms with Gasteiger partial charge in [0, 0.05) is 49.2 Å². The number of halogens is 1. The predicted molar refractivity (Wildman–Crippen MR) is 122 cm³/mol. The van der Waals surface area contributed by atoms with Crippen molar-refractivity contribution in [1.29, 1.82) is 0 Å². The maximum Gasteiger partial charge on any atom is 0.344 e. The van der Waals surface area contributed by atoms with E-state index in [2.05, 4.69) is 16.7 Å². The van der Waals surface area contributed by atoms with Gasteiger partial charge in [0.25, 0.3) is 0 Å². The summed E-state index contributed by atoms with van der Waals surface area (Å²) in [4.78, 5) is 17.6. The number of likely N-dealkylation sites (N-methyl/N-ethyl adjacent to an activating group) is 1. The van der Waals surface area contributed by atoms with Gasteiger partial charge in [0.05, 0.1) is 5.56 Å². The van der Waals surface area contributed by atoms with Gasteiger partial charge < -0.3 is 14.1 Å². The number of benzene rings is 2. The fourth-order valence-electron chi connectivity index (χ4n) is 4.00. The Balaban J connectivity index is 1.47. The van der Waals surface area contributed by atoms with E-state index >= 15 is 0 Å². The van der Waals surface area contributed by atoms with Gasteiger partial charge in [0.1, 0.15) is 17.9 Å². The highest BCUT2D eigenvalue weighted by Gasteiger charge is 2.16. The smallest absolute Gasteiger partial charge is 0.344 e. The number of aryl methyl sites for hydroxylation is 1. The van der Waals surface area contributed by atoms with Gasteiger partial charge in [-0.3, -0.25) is 4.90 Å². The molecule has 0 bridgehead atoms. The number of rotatable bonds is 6. The molecule has 1 fully saturated rings. The van der Waals surface area contributed by atoms with Crippen molar-refractivity contribution in [3.63, 3.8) is 0 Å². The van der Waals surface area contributed by atoms with Crippen LogP contribution in [0, 0.1) is 6.92 Å². The van der Waals surface area contributed by atoms with E-state index in [1.807, 2.05) is 37.3 Å². The summed E-state index contributed by atoms with van der Waals surface area (Å²) in [5.74, 6) is 0.719. The molecule has 1 aliphatic rings. The summed E-state index contributed by atoms with van der Waals surface area (Å²) in [6.45, 7) is 11.2. The van der Waals surface area contributed by atoms with Crippen LogP contribution in [0.25, 0.3) is 22.1 Å². The molecular weight excluding hydrogens is 400 g/mol. The summed E-state index contributed by atoms with van der Waals surface area (Å²) in [5.41, 5.74) is 2.46. The molecule has 1 aliphatic heterocycles. The number of hydrogen-bond acceptors (Lipinski definition) is 5. The van der Waals surface area contributed by atoms with Crippen LogP contribution in [0.5, 0.6) is 5.75 Å². The molecule has 0 radical (unpaired) electrons. The van der Waals surface area contributed by atoms with Crippen LogP contribution in [0.2, 0.25) is 5.02 Å². The van der Waals surface area contributed by atoms with Crippen LogP contribution in [0.4, 0.5) is 0 Å². The highest BCUT2D eigenvalue weighted by molar-refractivity contribution is 6.30. The summed E-state index contributed by atoms with van der Waals surface area (Å²) in [7, 11) is 0. The molecule has 0 atom stereocenters. The van der Waals surface area contributed by atoms with Gasteiger partial charge >= 0.3 is 5.63 Å². The first-order chi connectivity index (χ1) is 14.5. The molecule has 158 valence electrons. The molecule has 30 heavy (non-hydrogen) atoms. The minimum atomic E-state index is -0.353. The Bertz CT molecular complexity index is 1070. The van der Waals surface area contributed by atoms with Crippen molar-refractivity contribution in [2.75, 3.05) is 45.9 Å². The van der Waals surface area contributed by atoms with E-state index in [4.69, 9.17) is 20.8 Å². The summed E-state index contributed by atoms with van der Waals surface area (Å²) in [5, 5.41) is 1.54. The monoisotopic (exact) mass is 426 g/mol. The molecular formula is C24H27ClN2O3. The SMILES string of the molecule is CCN1CCN(CCOc2ccc3c(C)c(-c4ccc(Cl)cc4)c(=O)oc3c2)CC1. The highest BCUT2D eigenvalue weighted by Crippen LogP contribution is 2.29. The van der Waals surface area contributed by atoms with Crippen molar-refractivity contribution in [2.45, 2.75) is 13.8 Å². The van der Waals surface area contributed by atoms with E-state index in [0.717, 1.165) is 61.5 Å². The molecule has 0 saturated carbocycles. The second kappa shape index (κ2) is 9.21. The van der Waals surface area contributed by atoms with Crippen LogP contribution < -0.4 is 10.4 Å². The molecule has 6 heteroatoms. The van der Waals surface area contributed by atoms with Gasteiger partial charge in [-0.05, 0) is 48.9 Å². The Morgan fingerprint density at radius 1 is 1.03 bits per heavy atom. The Kier molecular flexibility index (Phi) is 6.42. The third kappa shape index (κ3) is 4.53. The number of ether oxygens (including phenoxy) is 1. The van der Waals surface area contributed by atoms with Gasteiger partial charge in [-0.1, -0.05) is 30.7 Å². The van der Waals surface area contributed by atoms with Crippen LogP contribution in [-0.2, 0) is 0 Å². The van der Waals surface area contributed by atoms with Crippen molar-refractivity contribution in [3.8, 4) is 16.9 Å². The number of fused-ring (bicyclic) bond motifs is 1. The standard InChI is InChI=1S/C24H27ClN2O3/c1-3-26-10-12-27(13-11-26)14-15-29-20-8-9-21-17(2)23(24(28)30-22(21)16-20)18-4-6-19(25)7-5-18/h4-9,16H,3,10-15H2,1-2H3. The van der Waals surface area contributed by atoms with E-state index in [1.165, 1.54) is 0 Å². The molecule has 2 heterocycles. The van der Waals surface area contributed by atoms with Crippen LogP contribution in [0.15, 0.2) is 51.7 Å². The number of piperazine rings is 1. The predicted octanol–water partition coefficient (Wildman–Crippen LogP) is 4.44. The van der Waals surface area contributed by atoms with E-state index in [0.29, 0.717) is 22.8 Å². The Hall–Kier alpha value is -2.34. The molecule has 1 saturated heterocycles. The van der Waals surface area contributed by atoms with Crippen molar-refractivity contribution in [3.05, 3.63) is 63.5 Å². The topological polar surface area (TPSA) is 45.9 Å². The molecule has 0 amide bonds. The third-order valence-corrected chi connectivity index (χ3v) is 6.11. The lowest BCUT2D eigenvalue weighted by molar-refractivity contribution is 0.121. The molecule has 1 aromatic heterocycles. The summed E-state index contributed by atoms with van der Waals surface area (Å²) < 4.78 is 11.6. The second-order valence-electron chi connectivity index (χ2n) is 7.68. The lowest BCUT2D eigenvalue weighted by atomic mass is 10.00. The Morgan fingerprint density at radius 2 is 1.73 bits per heavy atom. The van der Waals surface area contributed by atoms with Crippen LogP contribution in [0.1, 0.15) is 12.5 Å². The summed E-state index contributed by atoms with van der Waals surface area (Å²) >= 11 is 5.97. The van der Waals surface area contributed by atoms with Crippen molar-refractivity contribution >= 4 is 22.6 Å². The van der Waals surface area contributed by atoms with Gasteiger partial charge in [0.15, 0.2) is 0 Å². The average molecular weight is 427 g/mol. The zero-order chi connectivity index (χ0) is 21.1. The maximum absolute atomic E-state index is 12.7. The maximum atomic E-state index is 12.7. The minimum Gasteiger partial charge on any atom is -0.492 e. The van der Waals surface area contributed by atoms with Gasteiger partial charge in [-0.2, -0.15) is 0 Å². The molecule has 3 aromatic rings. The third-order valence-electron chi connectivity index (χ3n) is 5.86. The highest BCUT2D eigenvalue weighted by atomic mass is 35.5. The Morgan fingerprint density at radius 3 is 2.43 bits per heavy atom. The van der Waals surface area contributed by atoms with Gasteiger partial charge in [-0.25, -0.2) is 4.79 Å². The average Bonchev–Trinajstić information content (AvgIpc) is 2.75. The zero-order valence-corrected chi connectivity index (χ0v) is 18.2. The van der Waals surface area contributed by atoms with Crippen molar-refractivity contribution in [2.24, 2.45) is 0 Å². The van der Waals surface area contributed by atoms with E-state index in [1.54, 1.807) is 12.1 Å². The molecule has 0 spiro atoms. The van der Waals surface area contributed by atoms with Crippen LogP contribution >= 0.6 is 11.6 Å². The first-order valence-corrected chi connectivity index (χ1v) is 10.8. The normalized spacial score (nSPS) is 15.6. The minimum absolute atomic E-state index is 0.353. The first-order valence-electron chi connectivity index (χ1n) is 10.5. The summed E-state index contributed by atoms with van der Waals surface area (Å²) in [6.07, 6.45) is 0. The Labute approximate surface area is 181 Å². The molecule has 2 aromatic carbocycles. The van der Waals surface area contributed by atoms with Gasteiger partial charge in [0.2, 0.25) is 0 Å². The fourth-order valence-corrected chi connectivity index (χ4v) is 4.12. The van der Waals surface area contributed by atoms with Crippen molar-refractivity contribution < 1.29 is 9.15 Å². The van der Waals surface area contributed by atoms with Crippen molar-refractivity contribution in [1.82, 2.24) is 9.80 Å². The molecule has 4 rings (SSSR count). The number of nitrogens with zero attached hydrogens (tertiary/aromatic N) is 2. The van der Waals surface area contributed by atoms with Gasteiger partial charge in [-0.15, -0.1) is 0 Å². The van der Waals surface area contributed by atoms with Crippen LogP contribution in [-0.4, -0.2) is 55.7 Å². The molecule has 0 aliphatic carbocycles.